The summed E-state index contributed by atoms with van der Waals surface area (Å²) in [5, 5.41) is 2.65. The fourth-order valence-electron chi connectivity index (χ4n) is 1.43. The van der Waals surface area contributed by atoms with Crippen molar-refractivity contribution in [3.8, 4) is 0 Å². The van der Waals surface area contributed by atoms with Crippen molar-refractivity contribution in [2.75, 3.05) is 12.4 Å². The Kier molecular flexibility index (Phi) is 4.61. The van der Waals surface area contributed by atoms with Gasteiger partial charge in [-0.05, 0) is 13.8 Å². The molecule has 1 aromatic heterocycles. The molecule has 1 rings (SSSR count). The van der Waals surface area contributed by atoms with E-state index in [-0.39, 0.29) is 18.0 Å². The molecule has 5 nitrogen and oxygen atoms in total. The summed E-state index contributed by atoms with van der Waals surface area (Å²) in [6.45, 7) is 4.54. The van der Waals surface area contributed by atoms with Crippen LogP contribution in [0.15, 0.2) is 4.79 Å². The van der Waals surface area contributed by atoms with E-state index in [1.54, 1.807) is 4.57 Å². The van der Waals surface area contributed by atoms with Gasteiger partial charge in [-0.15, -0.1) is 11.6 Å². The molecule has 0 spiro atoms. The number of hydrogen-bond donors (Lipinski definition) is 2. The van der Waals surface area contributed by atoms with Crippen molar-refractivity contribution in [2.24, 2.45) is 0 Å². The molecule has 0 aliphatic heterocycles. The van der Waals surface area contributed by atoms with Crippen LogP contribution in [-0.4, -0.2) is 27.9 Å². The summed E-state index contributed by atoms with van der Waals surface area (Å²) in [4.78, 5) is 25.4. The Morgan fingerprint density at radius 1 is 1.50 bits per heavy atom. The second-order valence-electron chi connectivity index (χ2n) is 3.58. The number of carbonyl (C=O) groups excluding carboxylic acids is 1. The zero-order valence-corrected chi connectivity index (χ0v) is 10.2. The molecule has 0 atom stereocenters. The van der Waals surface area contributed by atoms with Gasteiger partial charge in [0.1, 0.15) is 0 Å². The summed E-state index contributed by atoms with van der Waals surface area (Å²) in [6.07, 6.45) is 0.287. The zero-order chi connectivity index (χ0) is 12.1. The molecule has 90 valence electrons. The Morgan fingerprint density at radius 2 is 2.19 bits per heavy atom. The van der Waals surface area contributed by atoms with Gasteiger partial charge in [0.25, 0.3) is 0 Å². The number of amides is 1. The Labute approximate surface area is 98.8 Å². The predicted octanol–water partition coefficient (Wildman–Crippen LogP) is 0.538. The van der Waals surface area contributed by atoms with E-state index in [2.05, 4.69) is 10.3 Å². The first-order valence-corrected chi connectivity index (χ1v) is 5.68. The summed E-state index contributed by atoms with van der Waals surface area (Å²) in [6, 6.07) is 0. The lowest BCUT2D eigenvalue weighted by Gasteiger charge is -2.05. The molecule has 0 aromatic carbocycles. The van der Waals surface area contributed by atoms with Crippen LogP contribution in [0, 0.1) is 13.8 Å². The molecule has 0 aliphatic carbocycles. The minimum absolute atomic E-state index is 0.0918. The molecule has 1 heterocycles. The normalized spacial score (nSPS) is 10.4. The maximum atomic E-state index is 11.4. The standard InChI is InChI=1S/C10H16ClN3O2/c1-7-8(2)14(10(16)13-7)6-3-9(15)12-5-4-11/h3-6H2,1-2H3,(H,12,15)(H,13,16). The molecule has 0 fully saturated rings. The number of alkyl halides is 1. The van der Waals surface area contributed by atoms with E-state index in [1.165, 1.54) is 0 Å². The van der Waals surface area contributed by atoms with Gasteiger partial charge >= 0.3 is 5.69 Å². The average molecular weight is 246 g/mol. The first-order valence-electron chi connectivity index (χ1n) is 5.15. The molecule has 0 bridgehead atoms. The number of imidazole rings is 1. The number of nitrogens with one attached hydrogen (secondary N) is 2. The topological polar surface area (TPSA) is 66.9 Å². The first-order chi connectivity index (χ1) is 7.56. The van der Waals surface area contributed by atoms with E-state index in [9.17, 15) is 9.59 Å². The van der Waals surface area contributed by atoms with Crippen molar-refractivity contribution in [2.45, 2.75) is 26.8 Å². The Balaban J connectivity index is 2.55. The van der Waals surface area contributed by atoms with Gasteiger partial charge in [-0.3, -0.25) is 9.36 Å². The highest BCUT2D eigenvalue weighted by molar-refractivity contribution is 6.18. The van der Waals surface area contributed by atoms with Gasteiger partial charge in [-0.25, -0.2) is 4.79 Å². The molecule has 1 aromatic rings. The number of H-pyrrole nitrogens is 1. The van der Waals surface area contributed by atoms with Crippen LogP contribution in [0.4, 0.5) is 0 Å². The van der Waals surface area contributed by atoms with Crippen molar-refractivity contribution in [1.29, 1.82) is 0 Å². The summed E-state index contributed by atoms with van der Waals surface area (Å²) in [5.74, 6) is 0.305. The molecule has 6 heteroatoms. The summed E-state index contributed by atoms with van der Waals surface area (Å²) in [5.41, 5.74) is 1.54. The SMILES string of the molecule is Cc1[nH]c(=O)n(CCC(=O)NCCCl)c1C. The molecule has 0 unspecified atom stereocenters. The molecule has 16 heavy (non-hydrogen) atoms. The molecular formula is C10H16ClN3O2. The van der Waals surface area contributed by atoms with Gasteiger partial charge in [0.15, 0.2) is 0 Å². The smallest absolute Gasteiger partial charge is 0.325 e. The van der Waals surface area contributed by atoms with E-state index in [4.69, 9.17) is 11.6 Å². The largest absolute Gasteiger partial charge is 0.355 e. The van der Waals surface area contributed by atoms with Gasteiger partial charge in [-0.2, -0.15) is 0 Å². The highest BCUT2D eigenvalue weighted by Gasteiger charge is 2.08. The highest BCUT2D eigenvalue weighted by atomic mass is 35.5. The van der Waals surface area contributed by atoms with Crippen LogP contribution < -0.4 is 11.0 Å². The second kappa shape index (κ2) is 5.75. The van der Waals surface area contributed by atoms with Gasteiger partial charge < -0.3 is 10.3 Å². The van der Waals surface area contributed by atoms with E-state index in [1.807, 2.05) is 13.8 Å². The molecule has 0 radical (unpaired) electrons. The third-order valence-corrected chi connectivity index (χ3v) is 2.66. The number of halogens is 1. The van der Waals surface area contributed by atoms with Crippen LogP contribution in [0.2, 0.25) is 0 Å². The molecular weight excluding hydrogens is 230 g/mol. The van der Waals surface area contributed by atoms with Crippen molar-refractivity contribution >= 4 is 17.5 Å². The average Bonchev–Trinajstić information content (AvgIpc) is 2.48. The summed E-state index contributed by atoms with van der Waals surface area (Å²) < 4.78 is 1.57. The fourth-order valence-corrected chi connectivity index (χ4v) is 1.53. The van der Waals surface area contributed by atoms with E-state index < -0.39 is 0 Å². The van der Waals surface area contributed by atoms with E-state index in [0.29, 0.717) is 19.0 Å². The third-order valence-electron chi connectivity index (χ3n) is 2.47. The van der Waals surface area contributed by atoms with Crippen molar-refractivity contribution in [3.05, 3.63) is 21.9 Å². The zero-order valence-electron chi connectivity index (χ0n) is 9.47. The van der Waals surface area contributed by atoms with E-state index >= 15 is 0 Å². The Morgan fingerprint density at radius 3 is 2.69 bits per heavy atom. The molecule has 0 aliphatic rings. The van der Waals surface area contributed by atoms with Crippen molar-refractivity contribution < 1.29 is 4.79 Å². The first kappa shape index (κ1) is 12.8. The quantitative estimate of drug-likeness (QED) is 0.744. The van der Waals surface area contributed by atoms with Gasteiger partial charge in [0.2, 0.25) is 5.91 Å². The van der Waals surface area contributed by atoms with Crippen LogP contribution >= 0.6 is 11.6 Å². The van der Waals surface area contributed by atoms with Crippen LogP contribution in [0.5, 0.6) is 0 Å². The number of nitrogens with zero attached hydrogens (tertiary/aromatic N) is 1. The summed E-state index contributed by atoms with van der Waals surface area (Å²) >= 11 is 5.44. The number of aryl methyl sites for hydroxylation is 1. The number of rotatable bonds is 5. The Hall–Kier alpha value is -1.23. The second-order valence-corrected chi connectivity index (χ2v) is 3.96. The minimum atomic E-state index is -0.167. The maximum Gasteiger partial charge on any atom is 0.325 e. The molecule has 1 amide bonds. The van der Waals surface area contributed by atoms with Crippen molar-refractivity contribution in [3.63, 3.8) is 0 Å². The van der Waals surface area contributed by atoms with Gasteiger partial charge in [-0.1, -0.05) is 0 Å². The highest BCUT2D eigenvalue weighted by Crippen LogP contribution is 2.00. The van der Waals surface area contributed by atoms with Crippen LogP contribution in [0.1, 0.15) is 17.8 Å². The van der Waals surface area contributed by atoms with Crippen LogP contribution in [0.3, 0.4) is 0 Å². The minimum Gasteiger partial charge on any atom is -0.355 e. The maximum absolute atomic E-state index is 11.4. The van der Waals surface area contributed by atoms with Crippen molar-refractivity contribution in [1.82, 2.24) is 14.9 Å². The van der Waals surface area contributed by atoms with Gasteiger partial charge in [0.05, 0.1) is 0 Å². The molecule has 2 N–H and O–H groups in total. The molecule has 0 saturated heterocycles. The summed E-state index contributed by atoms with van der Waals surface area (Å²) in [7, 11) is 0. The monoisotopic (exact) mass is 245 g/mol. The fraction of sp³-hybridized carbons (Fsp3) is 0.600. The van der Waals surface area contributed by atoms with Crippen LogP contribution in [-0.2, 0) is 11.3 Å². The third kappa shape index (κ3) is 3.13. The number of carbonyl (C=O) groups is 1. The van der Waals surface area contributed by atoms with Crippen LogP contribution in [0.25, 0.3) is 0 Å². The lowest BCUT2D eigenvalue weighted by molar-refractivity contribution is -0.121. The Bertz CT molecular complexity index is 422. The molecule has 0 saturated carbocycles. The lowest BCUT2D eigenvalue weighted by Crippen LogP contribution is -2.28. The van der Waals surface area contributed by atoms with Gasteiger partial charge in [0, 0.05) is 36.8 Å². The number of aromatic nitrogens is 2. The number of hydrogen-bond acceptors (Lipinski definition) is 2. The number of aromatic amines is 1. The predicted molar refractivity (Wildman–Crippen MR) is 62.9 cm³/mol. The lowest BCUT2D eigenvalue weighted by atomic mass is 10.3. The van der Waals surface area contributed by atoms with E-state index in [0.717, 1.165) is 11.4 Å².